The van der Waals surface area contributed by atoms with Gasteiger partial charge in [-0.3, -0.25) is 17.6 Å². The van der Waals surface area contributed by atoms with E-state index in [-0.39, 0.29) is 162 Å². The van der Waals surface area contributed by atoms with Crippen molar-refractivity contribution < 1.29 is 106 Å². The molecule has 65 heavy (non-hydrogen) atoms. The standard InChI is InChI=1S/C54H87O7.CH3.V.W.Y/c1-16-42-33(5)32(4)35(7)48(58-42)61-46-45(60-47-34(6)31(3)30(2)28-56-47)36(8)38(10)57-49(46)59-43-20-21-51(13)39(37(43)9)19-22-53(15)44(51)18-17-40-41-27-50(11,12)23-25-54(41,29-55)26-24-52(40,53)14;;;;/h17,26,30-36,38-39,41-49H,16,18-25,27-28H2,1-15H3;1H3;;;/q-3;-1;;;/t30-,31+,32+,33-,34?,35?,36-,38?,39+,41?,42?,43+,44?,45+,46?,47+,48+,49+,51?,52-,53?,54-;;;;/m1..../s1. The van der Waals surface area contributed by atoms with E-state index in [1.807, 2.05) is 0 Å². The van der Waals surface area contributed by atoms with Crippen molar-refractivity contribution in [1.29, 1.82) is 0 Å². The van der Waals surface area contributed by atoms with Crippen LogP contribution in [0, 0.1) is 106 Å². The van der Waals surface area contributed by atoms with Gasteiger partial charge in [0.05, 0.1) is 24.9 Å². The van der Waals surface area contributed by atoms with E-state index < -0.39 is 17.8 Å². The Morgan fingerprint density at radius 2 is 1.46 bits per heavy atom. The monoisotopic (exact) mass is 1190 g/mol. The van der Waals surface area contributed by atoms with E-state index in [1.54, 1.807) is 5.57 Å². The van der Waals surface area contributed by atoms with E-state index in [2.05, 4.69) is 123 Å². The predicted octanol–water partition coefficient (Wildman–Crippen LogP) is 12.6. The third kappa shape index (κ3) is 10.0. The van der Waals surface area contributed by atoms with Crippen LogP contribution in [0.15, 0.2) is 11.6 Å². The number of carbonyl (C=O) groups excluding carboxylic acids is 1. The van der Waals surface area contributed by atoms with E-state index in [4.69, 9.17) is 28.4 Å². The molecule has 9 unspecified atom stereocenters. The molecule has 3 aliphatic heterocycles. The van der Waals surface area contributed by atoms with Gasteiger partial charge in [0.2, 0.25) is 0 Å². The Kier molecular flexibility index (Phi) is 20.0. The maximum atomic E-state index is 12.8. The van der Waals surface area contributed by atoms with Crippen LogP contribution < -0.4 is 0 Å². The normalized spacial score (nSPS) is 51.6. The van der Waals surface area contributed by atoms with Crippen LogP contribution in [-0.4, -0.2) is 62.3 Å². The maximum absolute atomic E-state index is 12.8. The fourth-order valence-corrected chi connectivity index (χ4v) is 15.3. The van der Waals surface area contributed by atoms with Crippen molar-refractivity contribution in [3.05, 3.63) is 31.4 Å². The van der Waals surface area contributed by atoms with Crippen molar-refractivity contribution in [3.8, 4) is 0 Å². The van der Waals surface area contributed by atoms with Gasteiger partial charge in [-0.15, -0.1) is 0 Å². The first-order valence-electron chi connectivity index (χ1n) is 25.3. The van der Waals surface area contributed by atoms with Gasteiger partial charge in [0, 0.05) is 90.1 Å². The fourth-order valence-electron chi connectivity index (χ4n) is 15.3. The molecule has 0 N–H and O–H groups in total. The molecule has 3 saturated heterocycles. The average molecular weight is 1190 g/mol. The zero-order valence-corrected chi connectivity index (χ0v) is 50.8. The minimum atomic E-state index is -0.596. The molecule has 8 rings (SSSR count). The molecule has 0 amide bonds. The molecule has 2 radical (unpaired) electrons. The Labute approximate surface area is 449 Å². The number of hydrogen-bond donors (Lipinski definition) is 0. The van der Waals surface area contributed by atoms with Crippen LogP contribution in [0.25, 0.3) is 0 Å². The number of allylic oxidation sites excluding steroid dienone is 2. The molecule has 4 saturated carbocycles. The largest absolute Gasteiger partial charge is 0.544 e. The molecule has 370 valence electrons. The number of fused-ring (bicyclic) bond motifs is 7. The SMILES string of the molecule is CCC1O[C@@H](OC2[C@H](O[C@H]3CCC4(C)C5CC=C6C7CC(C)(C)CC[C@]7([C-]=O)[CH-]C[C@@]6(C)C5(C)CC[C@H]4[C-]3C)OC(C)[C@@H](C)[C@@H]2O[C@@H]2OC[C@@H](C)[C@H](C)C2C)C(C)[C@@H](C)[C@H]1C.[CH3-].[V].[W].[Y]. The minimum Gasteiger partial charge on any atom is -0.544 e. The molecule has 0 bridgehead atoms. The molecule has 0 spiro atoms. The number of hydrogen-bond acceptors (Lipinski definition) is 7. The first-order valence-corrected chi connectivity index (χ1v) is 25.3. The number of rotatable bonds is 8. The molecule has 7 nitrogen and oxygen atoms in total. The first kappa shape index (κ1) is 59.1. The van der Waals surface area contributed by atoms with Crippen molar-refractivity contribution in [3.63, 3.8) is 0 Å². The third-order valence-electron chi connectivity index (χ3n) is 21.0. The minimum absolute atomic E-state index is 0. The van der Waals surface area contributed by atoms with Gasteiger partial charge in [-0.25, -0.2) is 0 Å². The summed E-state index contributed by atoms with van der Waals surface area (Å²) in [6.07, 6.45) is 16.4. The van der Waals surface area contributed by atoms with Crippen LogP contribution in [0.2, 0.25) is 0 Å². The van der Waals surface area contributed by atoms with Crippen LogP contribution in [-0.2, 0) is 106 Å². The molecule has 5 aliphatic carbocycles. The molecular weight excluding hydrogens is 1100 g/mol. The van der Waals surface area contributed by atoms with Crippen LogP contribution >= 0.6 is 0 Å². The van der Waals surface area contributed by atoms with E-state index in [0.717, 1.165) is 51.4 Å². The van der Waals surface area contributed by atoms with Gasteiger partial charge in [0.25, 0.3) is 0 Å². The van der Waals surface area contributed by atoms with E-state index in [0.29, 0.717) is 42.1 Å². The summed E-state index contributed by atoms with van der Waals surface area (Å²) in [4.78, 5) is 12.8. The van der Waals surface area contributed by atoms with Crippen molar-refractivity contribution in [2.45, 2.75) is 217 Å². The Morgan fingerprint density at radius 3 is 2.12 bits per heavy atom. The van der Waals surface area contributed by atoms with Crippen LogP contribution in [0.4, 0.5) is 0 Å². The quantitative estimate of drug-likeness (QED) is 0.136. The van der Waals surface area contributed by atoms with Gasteiger partial charge >= 0.3 is 0 Å². The molecular formula is C55H90O7VWY-4. The van der Waals surface area contributed by atoms with Crippen molar-refractivity contribution in [2.24, 2.45) is 86.3 Å². The van der Waals surface area contributed by atoms with Crippen LogP contribution in [0.3, 0.4) is 0 Å². The predicted molar refractivity (Wildman–Crippen MR) is 248 cm³/mol. The van der Waals surface area contributed by atoms with Crippen LogP contribution in [0.5, 0.6) is 0 Å². The van der Waals surface area contributed by atoms with Gasteiger partial charge in [-0.05, 0) is 84.9 Å². The molecule has 0 aromatic heterocycles. The topological polar surface area (TPSA) is 72.5 Å². The van der Waals surface area contributed by atoms with Gasteiger partial charge < -0.3 is 47.1 Å². The smallest absolute Gasteiger partial charge is 0.184 e. The Hall–Kier alpha value is 1.55. The third-order valence-corrected chi connectivity index (χ3v) is 21.0. The second-order valence-corrected chi connectivity index (χ2v) is 24.4. The molecule has 7 fully saturated rings. The van der Waals surface area contributed by atoms with E-state index in [1.165, 1.54) is 18.8 Å². The van der Waals surface area contributed by atoms with Gasteiger partial charge in [-0.2, -0.15) is 19.3 Å². The van der Waals surface area contributed by atoms with Crippen molar-refractivity contribution in [1.82, 2.24) is 0 Å². The zero-order valence-electron chi connectivity index (χ0n) is 43.6. The summed E-state index contributed by atoms with van der Waals surface area (Å²) >= 11 is 0. The summed E-state index contributed by atoms with van der Waals surface area (Å²) in [7, 11) is 0. The van der Waals surface area contributed by atoms with Gasteiger partial charge in [-0.1, -0.05) is 145 Å². The van der Waals surface area contributed by atoms with E-state index in [9.17, 15) is 4.79 Å². The number of ether oxygens (including phenoxy) is 6. The maximum Gasteiger partial charge on any atom is 0.184 e. The summed E-state index contributed by atoms with van der Waals surface area (Å²) in [5, 5.41) is 0. The van der Waals surface area contributed by atoms with Crippen molar-refractivity contribution in [2.75, 3.05) is 6.61 Å². The van der Waals surface area contributed by atoms with Gasteiger partial charge in [0.15, 0.2) is 18.9 Å². The molecule has 0 aromatic carbocycles. The summed E-state index contributed by atoms with van der Waals surface area (Å²) in [5.74, 6) is 5.21. The second-order valence-electron chi connectivity index (χ2n) is 24.4. The molecule has 0 aromatic rings. The summed E-state index contributed by atoms with van der Waals surface area (Å²) in [5.41, 5.74) is 1.78. The second kappa shape index (κ2) is 21.9. The van der Waals surface area contributed by atoms with E-state index >= 15 is 0 Å². The van der Waals surface area contributed by atoms with Gasteiger partial charge in [0.1, 0.15) is 6.10 Å². The Morgan fingerprint density at radius 1 is 0.800 bits per heavy atom. The fraction of sp³-hybridized carbons (Fsp3) is 0.891. The average Bonchev–Trinajstić information content (AvgIpc) is 3.22. The molecule has 22 atom stereocenters. The molecule has 3 heterocycles. The molecule has 8 aliphatic rings. The summed E-state index contributed by atoms with van der Waals surface area (Å²) in [6, 6.07) is 0. The van der Waals surface area contributed by atoms with Crippen molar-refractivity contribution >= 4 is 6.29 Å². The summed E-state index contributed by atoms with van der Waals surface area (Å²) < 4.78 is 42.1. The zero-order chi connectivity index (χ0) is 44.2. The first-order chi connectivity index (χ1) is 28.6. The Bertz CT molecular complexity index is 1630. The Balaban J connectivity index is 0.00000231. The summed E-state index contributed by atoms with van der Waals surface area (Å²) in [6.45, 7) is 36.3. The molecule has 10 heteroatoms. The van der Waals surface area contributed by atoms with Crippen LogP contribution in [0.1, 0.15) is 168 Å².